The van der Waals surface area contributed by atoms with Gasteiger partial charge < -0.3 is 15.7 Å². The number of hydrogen-bond donors (Lipinski definition) is 3. The molecule has 0 heterocycles. The SMILES string of the molecule is CCc1ccccc1NC(=O)N[C@H](C)CO. The second kappa shape index (κ2) is 6.12. The minimum Gasteiger partial charge on any atom is -0.394 e. The number of urea groups is 1. The van der Waals surface area contributed by atoms with Crippen molar-refractivity contribution in [3.63, 3.8) is 0 Å². The second-order valence-electron chi connectivity index (χ2n) is 3.69. The summed E-state index contributed by atoms with van der Waals surface area (Å²) in [6, 6.07) is 7.13. The average Bonchev–Trinajstić information content (AvgIpc) is 2.29. The molecule has 16 heavy (non-hydrogen) atoms. The maximum atomic E-state index is 11.5. The summed E-state index contributed by atoms with van der Waals surface area (Å²) in [6.45, 7) is 3.71. The molecule has 0 aliphatic rings. The first-order valence-electron chi connectivity index (χ1n) is 5.43. The van der Waals surface area contributed by atoms with Gasteiger partial charge in [-0.15, -0.1) is 0 Å². The van der Waals surface area contributed by atoms with Crippen LogP contribution in [0.2, 0.25) is 0 Å². The van der Waals surface area contributed by atoms with Gasteiger partial charge in [-0.05, 0) is 25.0 Å². The summed E-state index contributed by atoms with van der Waals surface area (Å²) in [6.07, 6.45) is 0.867. The van der Waals surface area contributed by atoms with Gasteiger partial charge in [0.2, 0.25) is 0 Å². The number of aryl methyl sites for hydroxylation is 1. The summed E-state index contributed by atoms with van der Waals surface area (Å²) in [4.78, 5) is 11.5. The van der Waals surface area contributed by atoms with Gasteiger partial charge >= 0.3 is 6.03 Å². The predicted octanol–water partition coefficient (Wildman–Crippen LogP) is 1.75. The maximum Gasteiger partial charge on any atom is 0.319 e. The normalized spacial score (nSPS) is 11.9. The Morgan fingerprint density at radius 3 is 2.75 bits per heavy atom. The van der Waals surface area contributed by atoms with Crippen LogP contribution in [0.1, 0.15) is 19.4 Å². The van der Waals surface area contributed by atoms with Gasteiger partial charge in [0, 0.05) is 5.69 Å². The van der Waals surface area contributed by atoms with Crippen molar-refractivity contribution in [3.8, 4) is 0 Å². The molecule has 0 saturated heterocycles. The molecule has 2 amide bonds. The van der Waals surface area contributed by atoms with Gasteiger partial charge in [-0.25, -0.2) is 4.79 Å². The van der Waals surface area contributed by atoms with Crippen LogP contribution in [0, 0.1) is 0 Å². The largest absolute Gasteiger partial charge is 0.394 e. The lowest BCUT2D eigenvalue weighted by Crippen LogP contribution is -2.38. The highest BCUT2D eigenvalue weighted by molar-refractivity contribution is 5.90. The Hall–Kier alpha value is -1.55. The van der Waals surface area contributed by atoms with Gasteiger partial charge in [0.25, 0.3) is 0 Å². The molecule has 0 radical (unpaired) electrons. The first kappa shape index (κ1) is 12.5. The number of nitrogens with one attached hydrogen (secondary N) is 2. The van der Waals surface area contributed by atoms with Gasteiger partial charge in [-0.3, -0.25) is 0 Å². The van der Waals surface area contributed by atoms with Gasteiger partial charge in [-0.2, -0.15) is 0 Å². The van der Waals surface area contributed by atoms with E-state index in [-0.39, 0.29) is 18.7 Å². The zero-order valence-corrected chi connectivity index (χ0v) is 9.66. The molecule has 0 saturated carbocycles. The summed E-state index contributed by atoms with van der Waals surface area (Å²) < 4.78 is 0. The Labute approximate surface area is 95.7 Å². The summed E-state index contributed by atoms with van der Waals surface area (Å²) in [5.41, 5.74) is 1.90. The molecule has 0 aliphatic carbocycles. The standard InChI is InChI=1S/C12H18N2O2/c1-3-10-6-4-5-7-11(10)14-12(16)13-9(2)8-15/h4-7,9,15H,3,8H2,1-2H3,(H2,13,14,16)/t9-/m1/s1. The molecule has 4 nitrogen and oxygen atoms in total. The van der Waals surface area contributed by atoms with E-state index in [1.807, 2.05) is 31.2 Å². The first-order valence-corrected chi connectivity index (χ1v) is 5.43. The zero-order chi connectivity index (χ0) is 12.0. The van der Waals surface area contributed by atoms with Crippen molar-refractivity contribution in [2.45, 2.75) is 26.3 Å². The Morgan fingerprint density at radius 1 is 1.44 bits per heavy atom. The molecule has 1 aromatic carbocycles. The summed E-state index contributed by atoms with van der Waals surface area (Å²) in [5.74, 6) is 0. The average molecular weight is 222 g/mol. The molecule has 88 valence electrons. The molecule has 1 rings (SSSR count). The van der Waals surface area contributed by atoms with E-state index < -0.39 is 0 Å². The maximum absolute atomic E-state index is 11.5. The van der Waals surface area contributed by atoms with Crippen molar-refractivity contribution in [2.24, 2.45) is 0 Å². The number of carbonyl (C=O) groups excluding carboxylic acids is 1. The van der Waals surface area contributed by atoms with Gasteiger partial charge in [0.05, 0.1) is 12.6 Å². The third kappa shape index (κ3) is 3.55. The fourth-order valence-electron chi connectivity index (χ4n) is 1.38. The molecule has 3 N–H and O–H groups in total. The predicted molar refractivity (Wildman–Crippen MR) is 64.5 cm³/mol. The molecule has 0 aliphatic heterocycles. The summed E-state index contributed by atoms with van der Waals surface area (Å²) in [5, 5.41) is 14.2. The molecule has 0 spiro atoms. The van der Waals surface area contributed by atoms with E-state index in [9.17, 15) is 4.79 Å². The molecule has 0 unspecified atom stereocenters. The number of hydrogen-bond acceptors (Lipinski definition) is 2. The van der Waals surface area contributed by atoms with Crippen LogP contribution < -0.4 is 10.6 Å². The second-order valence-corrected chi connectivity index (χ2v) is 3.69. The van der Waals surface area contributed by atoms with Gasteiger partial charge in [0.15, 0.2) is 0 Å². The number of benzene rings is 1. The lowest BCUT2D eigenvalue weighted by atomic mass is 10.1. The molecule has 1 atom stereocenters. The number of amides is 2. The van der Waals surface area contributed by atoms with Crippen molar-refractivity contribution in [2.75, 3.05) is 11.9 Å². The highest BCUT2D eigenvalue weighted by Crippen LogP contribution is 2.14. The van der Waals surface area contributed by atoms with Crippen molar-refractivity contribution >= 4 is 11.7 Å². The van der Waals surface area contributed by atoms with Crippen LogP contribution in [0.4, 0.5) is 10.5 Å². The number of carbonyl (C=O) groups is 1. The topological polar surface area (TPSA) is 61.4 Å². The van der Waals surface area contributed by atoms with Crippen LogP contribution in [0.5, 0.6) is 0 Å². The fourth-order valence-corrected chi connectivity index (χ4v) is 1.38. The van der Waals surface area contributed by atoms with Crippen LogP contribution >= 0.6 is 0 Å². The van der Waals surface area contributed by atoms with Gasteiger partial charge in [0.1, 0.15) is 0 Å². The van der Waals surface area contributed by atoms with E-state index in [1.54, 1.807) is 6.92 Å². The number of para-hydroxylation sites is 1. The molecular formula is C12H18N2O2. The Balaban J connectivity index is 2.62. The van der Waals surface area contributed by atoms with Crippen LogP contribution in [-0.2, 0) is 6.42 Å². The molecule has 0 bridgehead atoms. The van der Waals surface area contributed by atoms with Crippen LogP contribution in [0.3, 0.4) is 0 Å². The van der Waals surface area contributed by atoms with E-state index in [0.29, 0.717) is 0 Å². The highest BCUT2D eigenvalue weighted by atomic mass is 16.3. The van der Waals surface area contributed by atoms with E-state index >= 15 is 0 Å². The molecule has 1 aromatic rings. The lowest BCUT2D eigenvalue weighted by molar-refractivity contribution is 0.229. The Kier molecular flexibility index (Phi) is 4.79. The quantitative estimate of drug-likeness (QED) is 0.726. The number of aliphatic hydroxyl groups excluding tert-OH is 1. The van der Waals surface area contributed by atoms with E-state index in [1.165, 1.54) is 0 Å². The summed E-state index contributed by atoms with van der Waals surface area (Å²) >= 11 is 0. The molecule has 0 aromatic heterocycles. The fraction of sp³-hybridized carbons (Fsp3) is 0.417. The summed E-state index contributed by atoms with van der Waals surface area (Å²) in [7, 11) is 0. The third-order valence-corrected chi connectivity index (χ3v) is 2.30. The number of aliphatic hydroxyl groups is 1. The van der Waals surface area contributed by atoms with Crippen LogP contribution in [0.25, 0.3) is 0 Å². The number of anilines is 1. The van der Waals surface area contributed by atoms with Crippen molar-refractivity contribution in [3.05, 3.63) is 29.8 Å². The highest BCUT2D eigenvalue weighted by Gasteiger charge is 2.07. The minimum atomic E-state index is -0.289. The monoisotopic (exact) mass is 222 g/mol. The minimum absolute atomic E-state index is 0.0666. The molecule has 4 heteroatoms. The van der Waals surface area contributed by atoms with E-state index in [4.69, 9.17) is 5.11 Å². The molecular weight excluding hydrogens is 204 g/mol. The van der Waals surface area contributed by atoms with Gasteiger partial charge in [-0.1, -0.05) is 25.1 Å². The smallest absolute Gasteiger partial charge is 0.319 e. The lowest BCUT2D eigenvalue weighted by Gasteiger charge is -2.13. The first-order chi connectivity index (χ1) is 7.67. The van der Waals surface area contributed by atoms with Crippen LogP contribution in [0.15, 0.2) is 24.3 Å². The Bertz CT molecular complexity index is 353. The number of rotatable bonds is 4. The van der Waals surface area contributed by atoms with Crippen molar-refractivity contribution in [1.82, 2.24) is 5.32 Å². The van der Waals surface area contributed by atoms with E-state index in [0.717, 1.165) is 17.7 Å². The zero-order valence-electron chi connectivity index (χ0n) is 9.66. The molecule has 0 fully saturated rings. The Morgan fingerprint density at radius 2 is 2.12 bits per heavy atom. The van der Waals surface area contributed by atoms with E-state index in [2.05, 4.69) is 10.6 Å². The van der Waals surface area contributed by atoms with Crippen molar-refractivity contribution < 1.29 is 9.90 Å². The third-order valence-electron chi connectivity index (χ3n) is 2.30. The van der Waals surface area contributed by atoms with Crippen LogP contribution in [-0.4, -0.2) is 23.8 Å². The van der Waals surface area contributed by atoms with Crippen molar-refractivity contribution in [1.29, 1.82) is 0 Å².